The van der Waals surface area contributed by atoms with E-state index >= 15 is 0 Å². The number of piperazine rings is 1. The van der Waals surface area contributed by atoms with Gasteiger partial charge in [-0.1, -0.05) is 19.1 Å². The van der Waals surface area contributed by atoms with Crippen molar-refractivity contribution in [3.8, 4) is 11.6 Å². The SMILES string of the molecule is C=CCn1c(=O)c2cnc(Nc3ccc(N4CCN(CCCOc5ccc6c(c5)C(=O)N(C5CCC(=O)NC5=O)C6=O)CC4)cc3)nc2n1-c1ccc2c(n1)[C@@](O)(CC)CC2. The lowest BCUT2D eigenvalue weighted by Gasteiger charge is -2.36. The van der Waals surface area contributed by atoms with Crippen LogP contribution in [0.3, 0.4) is 0 Å². The first-order valence-corrected chi connectivity index (χ1v) is 20.7. The largest absolute Gasteiger partial charge is 0.494 e. The lowest BCUT2D eigenvalue weighted by Crippen LogP contribution is -2.54. The van der Waals surface area contributed by atoms with Crippen LogP contribution in [-0.4, -0.2) is 108 Å². The molecule has 4 aliphatic rings. The Labute approximate surface area is 350 Å². The number of aliphatic hydroxyl groups is 1. The molecule has 1 aliphatic carbocycles. The number of ether oxygens (including phenoxy) is 1. The number of hydrogen-bond acceptors (Lipinski definition) is 13. The molecule has 9 rings (SSSR count). The van der Waals surface area contributed by atoms with Gasteiger partial charge in [-0.15, -0.1) is 6.58 Å². The summed E-state index contributed by atoms with van der Waals surface area (Å²) in [5, 5.41) is 17.1. The van der Waals surface area contributed by atoms with Crippen LogP contribution in [0, 0.1) is 0 Å². The molecule has 5 aromatic rings. The third-order valence-corrected chi connectivity index (χ3v) is 12.2. The second-order valence-corrected chi connectivity index (χ2v) is 15.8. The Balaban J connectivity index is 0.785. The number of fused-ring (bicyclic) bond motifs is 3. The zero-order chi connectivity index (χ0) is 42.4. The van der Waals surface area contributed by atoms with E-state index in [9.17, 15) is 29.1 Å². The number of nitrogens with one attached hydrogen (secondary N) is 2. The summed E-state index contributed by atoms with van der Waals surface area (Å²) in [6, 6.07) is 15.7. The minimum absolute atomic E-state index is 0.0668. The number of amides is 4. The molecular weight excluding hydrogens is 781 g/mol. The van der Waals surface area contributed by atoms with Gasteiger partial charge in [0.25, 0.3) is 17.4 Å². The molecule has 6 heterocycles. The quantitative estimate of drug-likeness (QED) is 0.0888. The van der Waals surface area contributed by atoms with E-state index in [2.05, 4.69) is 44.1 Å². The molecule has 3 aromatic heterocycles. The van der Waals surface area contributed by atoms with E-state index in [1.54, 1.807) is 29.0 Å². The maximum Gasteiger partial charge on any atom is 0.278 e. The summed E-state index contributed by atoms with van der Waals surface area (Å²) in [5.74, 6) is -0.873. The minimum Gasteiger partial charge on any atom is -0.494 e. The van der Waals surface area contributed by atoms with Gasteiger partial charge in [-0.2, -0.15) is 4.98 Å². The van der Waals surface area contributed by atoms with Gasteiger partial charge in [0, 0.05) is 56.7 Å². The number of anilines is 3. The molecule has 3 N–H and O–H groups in total. The normalized spacial score (nSPS) is 20.3. The maximum absolute atomic E-state index is 13.5. The van der Waals surface area contributed by atoms with Gasteiger partial charge in [-0.25, -0.2) is 19.3 Å². The van der Waals surface area contributed by atoms with Crippen LogP contribution in [-0.2, 0) is 28.2 Å². The predicted molar refractivity (Wildman–Crippen MR) is 225 cm³/mol. The number of carbonyl (C=O) groups excluding carboxylic acids is 4. The third kappa shape index (κ3) is 7.33. The zero-order valence-corrected chi connectivity index (χ0v) is 33.8. The van der Waals surface area contributed by atoms with Crippen molar-refractivity contribution in [3.63, 3.8) is 0 Å². The summed E-state index contributed by atoms with van der Waals surface area (Å²) in [6.45, 7) is 10.7. The molecule has 1 unspecified atom stereocenters. The van der Waals surface area contributed by atoms with Gasteiger partial charge < -0.3 is 20.1 Å². The van der Waals surface area contributed by atoms with Crippen LogP contribution in [0.15, 0.2) is 78.2 Å². The second-order valence-electron chi connectivity index (χ2n) is 15.8. The molecule has 61 heavy (non-hydrogen) atoms. The van der Waals surface area contributed by atoms with E-state index in [1.165, 1.54) is 10.9 Å². The number of pyridine rings is 1. The average Bonchev–Trinajstić information content (AvgIpc) is 3.84. The van der Waals surface area contributed by atoms with E-state index in [1.807, 2.05) is 31.2 Å². The molecule has 17 heteroatoms. The molecule has 0 spiro atoms. The van der Waals surface area contributed by atoms with Crippen molar-refractivity contribution in [1.29, 1.82) is 0 Å². The van der Waals surface area contributed by atoms with Crippen molar-refractivity contribution in [2.75, 3.05) is 49.5 Å². The van der Waals surface area contributed by atoms with Crippen molar-refractivity contribution in [1.82, 2.24) is 39.4 Å². The summed E-state index contributed by atoms with van der Waals surface area (Å²) in [5.41, 5.74) is 3.07. The van der Waals surface area contributed by atoms with Gasteiger partial charge in [0.2, 0.25) is 17.8 Å². The molecule has 4 amide bonds. The highest BCUT2D eigenvalue weighted by Gasteiger charge is 2.45. The highest BCUT2D eigenvalue weighted by atomic mass is 16.5. The van der Waals surface area contributed by atoms with Crippen molar-refractivity contribution in [2.45, 2.75) is 63.6 Å². The van der Waals surface area contributed by atoms with Crippen molar-refractivity contribution >= 4 is 52.0 Å². The fourth-order valence-corrected chi connectivity index (χ4v) is 8.75. The first kappa shape index (κ1) is 39.7. The standard InChI is InChI=1S/C44H46N10O7/c1-3-18-52-40(57)33-26-45-43(49-38(33)54(52)35-14-6-27-16-17-44(60,4-2)37(27)47-35)46-28-7-9-29(10-8-28)51-22-20-50(21-23-51)19-5-24-61-30-11-12-31-32(25-30)42(59)53(41(31)58)34-13-15-36(55)48-39(34)56/h3,6-12,14,25-26,34,60H,1,4-5,13,15-24H2,2H3,(H,45,46,49)(H,48,55,56)/t34?,44-/m1/s1. The van der Waals surface area contributed by atoms with Crippen LogP contribution < -0.4 is 25.8 Å². The Kier molecular flexibility index (Phi) is 10.4. The van der Waals surface area contributed by atoms with Gasteiger partial charge in [0.05, 0.1) is 30.0 Å². The van der Waals surface area contributed by atoms with Crippen LogP contribution in [0.5, 0.6) is 5.75 Å². The number of rotatable bonds is 13. The smallest absolute Gasteiger partial charge is 0.278 e. The maximum atomic E-state index is 13.5. The lowest BCUT2D eigenvalue weighted by atomic mass is 9.98. The van der Waals surface area contributed by atoms with Gasteiger partial charge in [-0.3, -0.25) is 39.1 Å². The minimum atomic E-state index is -1.01. The van der Waals surface area contributed by atoms with Crippen molar-refractivity contribution in [2.24, 2.45) is 0 Å². The van der Waals surface area contributed by atoms with Crippen LogP contribution in [0.1, 0.15) is 71.0 Å². The van der Waals surface area contributed by atoms with Crippen LogP contribution >= 0.6 is 0 Å². The number of aromatic nitrogens is 5. The van der Waals surface area contributed by atoms with Crippen LogP contribution in [0.2, 0.25) is 0 Å². The molecule has 2 atom stereocenters. The van der Waals surface area contributed by atoms with Gasteiger partial charge in [-0.05, 0) is 86.2 Å². The topological polar surface area (TPSA) is 197 Å². The van der Waals surface area contributed by atoms with Crippen LogP contribution in [0.25, 0.3) is 16.9 Å². The third-order valence-electron chi connectivity index (χ3n) is 12.2. The molecule has 17 nitrogen and oxygen atoms in total. The van der Waals surface area contributed by atoms with E-state index < -0.39 is 35.3 Å². The molecule has 3 aliphatic heterocycles. The van der Waals surface area contributed by atoms with Gasteiger partial charge >= 0.3 is 0 Å². The van der Waals surface area contributed by atoms with E-state index in [0.717, 1.165) is 67.4 Å². The Hall–Kier alpha value is -6.72. The molecule has 0 saturated carbocycles. The number of hydrogen-bond donors (Lipinski definition) is 3. The summed E-state index contributed by atoms with van der Waals surface area (Å²) >= 11 is 0. The zero-order valence-electron chi connectivity index (χ0n) is 33.8. The number of imide groups is 2. The highest BCUT2D eigenvalue weighted by molar-refractivity contribution is 6.23. The summed E-state index contributed by atoms with van der Waals surface area (Å²) in [4.78, 5) is 83.4. The molecule has 2 fully saturated rings. The number of allylic oxidation sites excluding steroid dienone is 1. The lowest BCUT2D eigenvalue weighted by molar-refractivity contribution is -0.136. The Morgan fingerprint density at radius 1 is 0.967 bits per heavy atom. The number of piperidine rings is 1. The summed E-state index contributed by atoms with van der Waals surface area (Å²) < 4.78 is 9.17. The Morgan fingerprint density at radius 2 is 1.75 bits per heavy atom. The molecular formula is C44H46N10O7. The van der Waals surface area contributed by atoms with E-state index in [-0.39, 0.29) is 36.1 Å². The van der Waals surface area contributed by atoms with E-state index in [4.69, 9.17) is 14.7 Å². The highest BCUT2D eigenvalue weighted by Crippen LogP contribution is 2.38. The summed E-state index contributed by atoms with van der Waals surface area (Å²) in [7, 11) is 0. The molecule has 2 saturated heterocycles. The van der Waals surface area contributed by atoms with Crippen LogP contribution in [0.4, 0.5) is 17.3 Å². The Bertz CT molecular complexity index is 2650. The number of benzene rings is 2. The number of nitrogens with zero attached hydrogens (tertiary/aromatic N) is 8. The average molecular weight is 827 g/mol. The fourth-order valence-electron chi connectivity index (χ4n) is 8.75. The molecule has 2 aromatic carbocycles. The van der Waals surface area contributed by atoms with Crippen molar-refractivity contribution in [3.05, 3.63) is 106 Å². The Morgan fingerprint density at radius 3 is 2.51 bits per heavy atom. The monoisotopic (exact) mass is 826 g/mol. The van der Waals surface area contributed by atoms with Crippen molar-refractivity contribution < 1.29 is 29.0 Å². The molecule has 314 valence electrons. The van der Waals surface area contributed by atoms with Gasteiger partial charge in [0.15, 0.2) is 11.5 Å². The van der Waals surface area contributed by atoms with E-state index in [0.29, 0.717) is 53.7 Å². The predicted octanol–water partition coefficient (Wildman–Crippen LogP) is 3.44. The first-order chi connectivity index (χ1) is 29.5. The number of carbonyl (C=O) groups is 4. The fraction of sp³-hybridized carbons (Fsp3) is 0.364. The second kappa shape index (κ2) is 16.0. The molecule has 0 bridgehead atoms. The molecule has 0 radical (unpaired) electrons. The van der Waals surface area contributed by atoms with Gasteiger partial charge in [0.1, 0.15) is 22.8 Å². The first-order valence-electron chi connectivity index (χ1n) is 20.7. The summed E-state index contributed by atoms with van der Waals surface area (Å²) in [6.07, 6.45) is 6.01. The number of aryl methyl sites for hydroxylation is 1.